The number of carbonyl (C=O) groups excluding carboxylic acids is 5. The van der Waals surface area contributed by atoms with Crippen LogP contribution in [0.25, 0.3) is 0 Å². The number of rotatable bonds is 14. The number of hydrogen-bond acceptors (Lipinski definition) is 7. The molecule has 5 atom stereocenters. The summed E-state index contributed by atoms with van der Waals surface area (Å²) >= 11 is 0. The number of hydrogen-bond donors (Lipinski definition) is 4. The van der Waals surface area contributed by atoms with Gasteiger partial charge in [-0.2, -0.15) is 0 Å². The molecule has 5 amide bonds. The van der Waals surface area contributed by atoms with Gasteiger partial charge >= 0.3 is 6.03 Å². The molecule has 0 aromatic carbocycles. The summed E-state index contributed by atoms with van der Waals surface area (Å²) in [6, 6.07) is -3.43. The van der Waals surface area contributed by atoms with Crippen molar-refractivity contribution in [3.8, 4) is 0 Å². The first-order chi connectivity index (χ1) is 22.5. The Bertz CT molecular complexity index is 1320. The molecule has 1 aliphatic heterocycles. The molecule has 0 spiro atoms. The van der Waals surface area contributed by atoms with Crippen molar-refractivity contribution in [2.75, 3.05) is 32.9 Å². The van der Waals surface area contributed by atoms with Crippen molar-refractivity contribution >= 4 is 39.6 Å². The zero-order chi connectivity index (χ0) is 35.4. The first-order valence-electron chi connectivity index (χ1n) is 17.9. The van der Waals surface area contributed by atoms with Crippen LogP contribution < -0.4 is 21.3 Å². The molecule has 4 aliphatic rings. The molecular weight excluding hydrogens is 636 g/mol. The normalized spacial score (nSPS) is 25.1. The van der Waals surface area contributed by atoms with E-state index in [2.05, 4.69) is 21.3 Å². The Kier molecular flexibility index (Phi) is 12.2. The Morgan fingerprint density at radius 1 is 0.938 bits per heavy atom. The van der Waals surface area contributed by atoms with Crippen molar-refractivity contribution in [2.24, 2.45) is 23.2 Å². The summed E-state index contributed by atoms with van der Waals surface area (Å²) in [6.45, 7) is 8.15. The number of sulfonamides is 1. The highest BCUT2D eigenvalue weighted by Gasteiger charge is 2.52. The van der Waals surface area contributed by atoms with E-state index in [9.17, 15) is 32.4 Å². The second-order valence-electron chi connectivity index (χ2n) is 15.9. The average Bonchev–Trinajstić information content (AvgIpc) is 3.58. The molecule has 3 saturated carbocycles. The lowest BCUT2D eigenvalue weighted by atomic mass is 9.83. The van der Waals surface area contributed by atoms with Gasteiger partial charge in [0.1, 0.15) is 12.1 Å². The maximum absolute atomic E-state index is 14.5. The van der Waals surface area contributed by atoms with E-state index in [0.29, 0.717) is 38.8 Å². The molecule has 1 saturated heterocycles. The largest absolute Gasteiger partial charge is 0.349 e. The first kappa shape index (κ1) is 38.1. The fraction of sp³-hybridized carbons (Fsp3) is 0.853. The number of ketones is 1. The zero-order valence-electron chi connectivity index (χ0n) is 29.7. The second kappa shape index (κ2) is 15.4. The number of Topliss-reactive ketones (excluding diaryl/α,β-unsaturated/α-hetero) is 1. The van der Waals surface area contributed by atoms with Gasteiger partial charge in [0.15, 0.2) is 0 Å². The van der Waals surface area contributed by atoms with Gasteiger partial charge in [-0.05, 0) is 61.7 Å². The smallest absolute Gasteiger partial charge is 0.315 e. The van der Waals surface area contributed by atoms with Gasteiger partial charge < -0.3 is 26.2 Å². The molecule has 4 rings (SSSR count). The minimum absolute atomic E-state index is 0.0873. The van der Waals surface area contributed by atoms with Crippen LogP contribution in [0.2, 0.25) is 0 Å². The monoisotopic (exact) mass is 694 g/mol. The van der Waals surface area contributed by atoms with Gasteiger partial charge in [-0.3, -0.25) is 19.2 Å². The van der Waals surface area contributed by atoms with Crippen molar-refractivity contribution in [1.82, 2.24) is 30.5 Å². The lowest BCUT2D eigenvalue weighted by Crippen LogP contribution is -2.63. The molecule has 0 aromatic rings. The van der Waals surface area contributed by atoms with Crippen LogP contribution in [0.4, 0.5) is 4.79 Å². The molecule has 4 fully saturated rings. The van der Waals surface area contributed by atoms with Gasteiger partial charge in [0.2, 0.25) is 27.6 Å². The Hall–Kier alpha value is -2.74. The molecule has 0 radical (unpaired) electrons. The van der Waals surface area contributed by atoms with Gasteiger partial charge in [0.25, 0.3) is 5.91 Å². The van der Waals surface area contributed by atoms with E-state index in [1.807, 2.05) is 27.7 Å². The van der Waals surface area contributed by atoms with Crippen LogP contribution in [-0.4, -0.2) is 104 Å². The Labute approximate surface area is 286 Å². The molecule has 1 heterocycles. The summed E-state index contributed by atoms with van der Waals surface area (Å²) in [7, 11) is -0.671. The van der Waals surface area contributed by atoms with Crippen molar-refractivity contribution in [2.45, 2.75) is 128 Å². The van der Waals surface area contributed by atoms with Gasteiger partial charge in [-0.25, -0.2) is 17.5 Å². The van der Waals surface area contributed by atoms with Gasteiger partial charge in [0, 0.05) is 27.2 Å². The first-order valence-corrected chi connectivity index (χ1v) is 19.5. The van der Waals surface area contributed by atoms with Crippen LogP contribution in [0.3, 0.4) is 0 Å². The van der Waals surface area contributed by atoms with Crippen LogP contribution in [0.5, 0.6) is 0 Å². The van der Waals surface area contributed by atoms with Crippen molar-refractivity contribution in [1.29, 1.82) is 0 Å². The lowest BCUT2D eigenvalue weighted by molar-refractivity contribution is -0.144. The second-order valence-corrected chi connectivity index (χ2v) is 18.1. The number of likely N-dealkylation sites (tertiary alicyclic amines) is 1. The summed E-state index contributed by atoms with van der Waals surface area (Å²) in [5.74, 6) is -2.14. The van der Waals surface area contributed by atoms with E-state index in [-0.39, 0.29) is 23.5 Å². The highest BCUT2D eigenvalue weighted by atomic mass is 32.2. The van der Waals surface area contributed by atoms with Crippen LogP contribution in [0.1, 0.15) is 105 Å². The molecule has 0 aromatic heterocycles. The SMILES string of the molecule is CCCNC(=O)C(=O)[C@H](CC1CC1)NC(=O)[C@@H]1[C@H]2CCC[C@H]2CN1C(=O)[C@@H](NC(=O)NC1(CS(=O)(=O)N(C)C)CCCCC1)C(C)(C)C. The minimum atomic E-state index is -3.62. The van der Waals surface area contributed by atoms with Crippen LogP contribution in [0, 0.1) is 23.2 Å². The standard InChI is InChI=1S/C34H58N6O7S/c1-7-18-35-30(43)27(41)25(19-22-14-15-22)36-29(42)26-24-13-11-12-23(24)20-40(26)31(44)28(33(2,3)4)37-32(45)38-34(16-9-8-10-17-34)21-48(46,47)39(5)6/h22-26,28H,7-21H2,1-6H3,(H,35,43)(H,36,42)(H2,37,38,45)/t23-,24-,25-,26-,28+/m0/s1. The van der Waals surface area contributed by atoms with E-state index in [1.165, 1.54) is 18.4 Å². The minimum Gasteiger partial charge on any atom is -0.349 e. The molecule has 0 unspecified atom stereocenters. The topological polar surface area (TPSA) is 174 Å². The van der Waals surface area contributed by atoms with E-state index < -0.39 is 68.6 Å². The molecular formula is C34H58N6O7S. The molecule has 14 heteroatoms. The Morgan fingerprint density at radius 3 is 2.19 bits per heavy atom. The van der Waals surface area contributed by atoms with Crippen molar-refractivity contribution in [3.63, 3.8) is 0 Å². The molecule has 0 bridgehead atoms. The molecule has 272 valence electrons. The van der Waals surface area contributed by atoms with Gasteiger partial charge in [-0.15, -0.1) is 0 Å². The number of nitrogens with zero attached hydrogens (tertiary/aromatic N) is 2. The molecule has 48 heavy (non-hydrogen) atoms. The van der Waals surface area contributed by atoms with Crippen LogP contribution >= 0.6 is 0 Å². The van der Waals surface area contributed by atoms with Gasteiger partial charge in [-0.1, -0.05) is 66.2 Å². The number of nitrogens with one attached hydrogen (secondary N) is 4. The number of urea groups is 1. The van der Waals surface area contributed by atoms with E-state index >= 15 is 0 Å². The van der Waals surface area contributed by atoms with E-state index in [4.69, 9.17) is 0 Å². The third kappa shape index (κ3) is 9.28. The lowest BCUT2D eigenvalue weighted by Gasteiger charge is -2.40. The fourth-order valence-electron chi connectivity index (χ4n) is 7.76. The average molecular weight is 695 g/mol. The molecule has 13 nitrogen and oxygen atoms in total. The predicted molar refractivity (Wildman–Crippen MR) is 182 cm³/mol. The summed E-state index contributed by atoms with van der Waals surface area (Å²) < 4.78 is 27.0. The van der Waals surface area contributed by atoms with Crippen LogP contribution in [0.15, 0.2) is 0 Å². The molecule has 3 aliphatic carbocycles. The summed E-state index contributed by atoms with van der Waals surface area (Å²) in [6.07, 6.45) is 9.06. The predicted octanol–water partition coefficient (Wildman–Crippen LogP) is 2.30. The summed E-state index contributed by atoms with van der Waals surface area (Å²) in [5.41, 5.74) is -1.71. The number of fused-ring (bicyclic) bond motifs is 1. The van der Waals surface area contributed by atoms with Crippen molar-refractivity contribution in [3.05, 3.63) is 0 Å². The highest BCUT2D eigenvalue weighted by Crippen LogP contribution is 2.43. The van der Waals surface area contributed by atoms with Gasteiger partial charge in [0.05, 0.1) is 17.3 Å². The maximum Gasteiger partial charge on any atom is 0.315 e. The van der Waals surface area contributed by atoms with E-state index in [0.717, 1.165) is 51.4 Å². The molecule has 4 N–H and O–H groups in total. The Morgan fingerprint density at radius 2 is 1.60 bits per heavy atom. The van der Waals surface area contributed by atoms with E-state index in [1.54, 1.807) is 4.90 Å². The summed E-state index contributed by atoms with van der Waals surface area (Å²) in [5, 5.41) is 11.4. The fourth-order valence-corrected chi connectivity index (χ4v) is 9.08. The maximum atomic E-state index is 14.5. The quantitative estimate of drug-likeness (QED) is 0.202. The van der Waals surface area contributed by atoms with Crippen molar-refractivity contribution < 1.29 is 32.4 Å². The third-order valence-electron chi connectivity index (χ3n) is 10.7. The Balaban J connectivity index is 1.54. The highest BCUT2D eigenvalue weighted by molar-refractivity contribution is 7.89. The van der Waals surface area contributed by atoms with Crippen LogP contribution in [-0.2, 0) is 29.2 Å². The summed E-state index contributed by atoms with van der Waals surface area (Å²) in [4.78, 5) is 69.6. The third-order valence-corrected chi connectivity index (χ3v) is 12.7. The number of amides is 5. The number of carbonyl (C=O) groups is 5. The zero-order valence-corrected chi connectivity index (χ0v) is 30.5.